The second-order valence-electron chi connectivity index (χ2n) is 7.48. The lowest BCUT2D eigenvalue weighted by Gasteiger charge is -2.17. The number of benzene rings is 3. The van der Waals surface area contributed by atoms with Crippen LogP contribution in [0.2, 0.25) is 0 Å². The van der Waals surface area contributed by atoms with E-state index in [9.17, 15) is 9.59 Å². The largest absolute Gasteiger partial charge is 0.478 e. The molecule has 0 aliphatic heterocycles. The van der Waals surface area contributed by atoms with Gasteiger partial charge >= 0.3 is 5.97 Å². The fourth-order valence-electron chi connectivity index (χ4n) is 3.96. The molecule has 0 saturated heterocycles. The standard InChI is InChI=1S/C28H23NO3/c1-2-24(20-6-4-3-5-7-20)27(21-11-8-19(9-12-21)10-15-26(30)31)23-13-14-25-22(18-23)16-17-29-28(25)32/h3-18H,2H2,1H3,(H,29,32)(H,30,31)/b15-10+,27-24+. The van der Waals surface area contributed by atoms with Crippen LogP contribution in [0, 0.1) is 0 Å². The Morgan fingerprint density at radius 1 is 0.906 bits per heavy atom. The minimum atomic E-state index is -0.974. The molecule has 4 aromatic rings. The maximum atomic E-state index is 12.2. The van der Waals surface area contributed by atoms with Crippen LogP contribution in [0.5, 0.6) is 0 Å². The number of aromatic amines is 1. The summed E-state index contributed by atoms with van der Waals surface area (Å²) in [6, 6.07) is 25.9. The Labute approximate surface area is 186 Å². The van der Waals surface area contributed by atoms with Gasteiger partial charge in [-0.25, -0.2) is 4.79 Å². The van der Waals surface area contributed by atoms with Crippen molar-refractivity contribution in [3.63, 3.8) is 0 Å². The molecular weight excluding hydrogens is 398 g/mol. The molecule has 32 heavy (non-hydrogen) atoms. The zero-order valence-corrected chi connectivity index (χ0v) is 17.7. The maximum Gasteiger partial charge on any atom is 0.328 e. The Balaban J connectivity index is 1.93. The Morgan fingerprint density at radius 2 is 1.62 bits per heavy atom. The highest BCUT2D eigenvalue weighted by molar-refractivity contribution is 6.00. The smallest absolute Gasteiger partial charge is 0.328 e. The number of fused-ring (bicyclic) bond motifs is 1. The number of H-pyrrole nitrogens is 1. The molecule has 0 atom stereocenters. The van der Waals surface area contributed by atoms with Crippen LogP contribution in [-0.2, 0) is 4.79 Å². The summed E-state index contributed by atoms with van der Waals surface area (Å²) >= 11 is 0. The average Bonchev–Trinajstić information content (AvgIpc) is 2.82. The van der Waals surface area contributed by atoms with Gasteiger partial charge in [0.15, 0.2) is 0 Å². The number of carboxylic acids is 1. The second kappa shape index (κ2) is 9.31. The highest BCUT2D eigenvalue weighted by Gasteiger charge is 2.14. The van der Waals surface area contributed by atoms with E-state index in [1.165, 1.54) is 5.57 Å². The highest BCUT2D eigenvalue weighted by atomic mass is 16.4. The first-order valence-corrected chi connectivity index (χ1v) is 10.5. The minimum Gasteiger partial charge on any atom is -0.478 e. The number of aromatic nitrogens is 1. The molecule has 0 unspecified atom stereocenters. The molecule has 3 aromatic carbocycles. The van der Waals surface area contributed by atoms with Gasteiger partial charge in [-0.15, -0.1) is 0 Å². The predicted octanol–water partition coefficient (Wildman–Crippen LogP) is 6.00. The summed E-state index contributed by atoms with van der Waals surface area (Å²) in [4.78, 5) is 25.7. The van der Waals surface area contributed by atoms with Crippen LogP contribution in [-0.4, -0.2) is 16.1 Å². The van der Waals surface area contributed by atoms with E-state index < -0.39 is 5.97 Å². The van der Waals surface area contributed by atoms with Crippen LogP contribution in [0.4, 0.5) is 0 Å². The predicted molar refractivity (Wildman–Crippen MR) is 130 cm³/mol. The Kier molecular flexibility index (Phi) is 6.13. The molecule has 4 nitrogen and oxygen atoms in total. The van der Waals surface area contributed by atoms with E-state index >= 15 is 0 Å². The molecular formula is C28H23NO3. The molecule has 4 rings (SSSR count). The summed E-state index contributed by atoms with van der Waals surface area (Å²) in [5.74, 6) is -0.974. The van der Waals surface area contributed by atoms with E-state index in [-0.39, 0.29) is 5.56 Å². The van der Waals surface area contributed by atoms with E-state index in [2.05, 4.69) is 30.1 Å². The summed E-state index contributed by atoms with van der Waals surface area (Å²) in [5, 5.41) is 10.4. The zero-order valence-electron chi connectivity index (χ0n) is 17.7. The molecule has 2 N–H and O–H groups in total. The number of rotatable bonds is 6. The molecule has 0 radical (unpaired) electrons. The normalized spacial score (nSPS) is 12.2. The van der Waals surface area contributed by atoms with Crippen molar-refractivity contribution in [1.29, 1.82) is 0 Å². The number of allylic oxidation sites excluding steroid dienone is 1. The number of aliphatic carboxylic acids is 1. The summed E-state index contributed by atoms with van der Waals surface area (Å²) in [6.45, 7) is 2.14. The van der Waals surface area contributed by atoms with Gasteiger partial charge in [-0.05, 0) is 69.5 Å². The number of carboxylic acid groups (broad SMARTS) is 1. The average molecular weight is 421 g/mol. The van der Waals surface area contributed by atoms with Gasteiger partial charge in [0.2, 0.25) is 0 Å². The number of nitrogens with one attached hydrogen (secondary N) is 1. The molecule has 4 heteroatoms. The molecule has 1 heterocycles. The lowest BCUT2D eigenvalue weighted by Crippen LogP contribution is -2.04. The molecule has 0 aliphatic carbocycles. The zero-order chi connectivity index (χ0) is 22.5. The molecule has 0 spiro atoms. The van der Waals surface area contributed by atoms with E-state index in [0.717, 1.165) is 45.7 Å². The first-order chi connectivity index (χ1) is 15.6. The quantitative estimate of drug-likeness (QED) is 0.296. The van der Waals surface area contributed by atoms with E-state index in [1.54, 1.807) is 12.3 Å². The molecule has 0 aliphatic rings. The van der Waals surface area contributed by atoms with Gasteiger partial charge in [0.05, 0.1) is 0 Å². The Morgan fingerprint density at radius 3 is 2.31 bits per heavy atom. The van der Waals surface area contributed by atoms with E-state index in [4.69, 9.17) is 5.11 Å². The molecule has 0 bridgehead atoms. The van der Waals surface area contributed by atoms with Crippen molar-refractivity contribution in [3.8, 4) is 0 Å². The molecule has 1 aromatic heterocycles. The first-order valence-electron chi connectivity index (χ1n) is 10.5. The fourth-order valence-corrected chi connectivity index (χ4v) is 3.96. The SMILES string of the molecule is CC/C(=C(/c1ccc(/C=C/C(=O)O)cc1)c1ccc2c(=O)[nH]ccc2c1)c1ccccc1. The topological polar surface area (TPSA) is 70.2 Å². The fraction of sp³-hybridized carbons (Fsp3) is 0.0714. The van der Waals surface area contributed by atoms with Crippen molar-refractivity contribution in [2.75, 3.05) is 0 Å². The van der Waals surface area contributed by atoms with Crippen LogP contribution in [0.1, 0.15) is 35.6 Å². The third kappa shape index (κ3) is 4.44. The third-order valence-electron chi connectivity index (χ3n) is 5.46. The van der Waals surface area contributed by atoms with E-state index in [0.29, 0.717) is 5.39 Å². The third-order valence-corrected chi connectivity index (χ3v) is 5.46. The van der Waals surface area contributed by atoms with Crippen LogP contribution in [0.3, 0.4) is 0 Å². The number of hydrogen-bond donors (Lipinski definition) is 2. The van der Waals surface area contributed by atoms with Crippen LogP contribution < -0.4 is 5.56 Å². The van der Waals surface area contributed by atoms with Crippen molar-refractivity contribution in [2.45, 2.75) is 13.3 Å². The van der Waals surface area contributed by atoms with Crippen molar-refractivity contribution >= 4 is 34.0 Å². The summed E-state index contributed by atoms with van der Waals surface area (Å²) in [6.07, 6.45) is 5.20. The lowest BCUT2D eigenvalue weighted by molar-refractivity contribution is -0.131. The van der Waals surface area contributed by atoms with Crippen molar-refractivity contribution in [1.82, 2.24) is 4.98 Å². The second-order valence-corrected chi connectivity index (χ2v) is 7.48. The van der Waals surface area contributed by atoms with Crippen LogP contribution >= 0.6 is 0 Å². The number of carbonyl (C=O) groups is 1. The van der Waals surface area contributed by atoms with Crippen molar-refractivity contribution < 1.29 is 9.90 Å². The molecule has 0 fully saturated rings. The van der Waals surface area contributed by atoms with E-state index in [1.807, 2.05) is 60.7 Å². The first kappa shape index (κ1) is 21.1. The Bertz CT molecular complexity index is 1380. The van der Waals surface area contributed by atoms with Gasteiger partial charge in [-0.3, -0.25) is 4.79 Å². The van der Waals surface area contributed by atoms with Crippen molar-refractivity contribution in [3.05, 3.63) is 124 Å². The maximum absolute atomic E-state index is 12.2. The number of hydrogen-bond acceptors (Lipinski definition) is 2. The van der Waals surface area contributed by atoms with Gasteiger partial charge in [0.25, 0.3) is 5.56 Å². The van der Waals surface area contributed by atoms with Gasteiger partial charge < -0.3 is 10.1 Å². The van der Waals surface area contributed by atoms with Gasteiger partial charge in [0.1, 0.15) is 0 Å². The van der Waals surface area contributed by atoms with Gasteiger partial charge in [0, 0.05) is 17.7 Å². The summed E-state index contributed by atoms with van der Waals surface area (Å²) < 4.78 is 0. The minimum absolute atomic E-state index is 0.104. The van der Waals surface area contributed by atoms with Crippen LogP contribution in [0.25, 0.3) is 28.0 Å². The highest BCUT2D eigenvalue weighted by Crippen LogP contribution is 2.35. The molecule has 0 saturated carbocycles. The lowest BCUT2D eigenvalue weighted by atomic mass is 9.87. The Hall–Kier alpha value is -4.18. The monoisotopic (exact) mass is 421 g/mol. The summed E-state index contributed by atoms with van der Waals surface area (Å²) in [7, 11) is 0. The van der Waals surface area contributed by atoms with Gasteiger partial charge in [-0.2, -0.15) is 0 Å². The van der Waals surface area contributed by atoms with Crippen LogP contribution in [0.15, 0.2) is 95.9 Å². The number of pyridine rings is 1. The summed E-state index contributed by atoms with van der Waals surface area (Å²) in [5.41, 5.74) is 6.20. The molecule has 158 valence electrons. The van der Waals surface area contributed by atoms with Gasteiger partial charge in [-0.1, -0.05) is 67.6 Å². The molecule has 0 amide bonds. The van der Waals surface area contributed by atoms with Crippen molar-refractivity contribution in [2.24, 2.45) is 0 Å².